The Bertz CT molecular complexity index is 541. The molecule has 2 heterocycles. The first-order valence-electron chi connectivity index (χ1n) is 7.57. The van der Waals surface area contributed by atoms with Crippen molar-refractivity contribution in [1.29, 1.82) is 0 Å². The Morgan fingerprint density at radius 1 is 1.14 bits per heavy atom. The quantitative estimate of drug-likeness (QED) is 0.818. The number of nitrogens with one attached hydrogen (secondary N) is 1. The van der Waals surface area contributed by atoms with E-state index in [2.05, 4.69) is 24.4 Å². The summed E-state index contributed by atoms with van der Waals surface area (Å²) in [6, 6.07) is 8.36. The molecule has 0 bridgehead atoms. The van der Waals surface area contributed by atoms with E-state index in [1.54, 1.807) is 9.80 Å². The smallest absolute Gasteiger partial charge is 0.312 e. The van der Waals surface area contributed by atoms with Gasteiger partial charge in [-0.05, 0) is 17.5 Å². The number of fused-ring (bicyclic) bond motifs is 1. The third-order valence-corrected chi connectivity index (χ3v) is 4.32. The number of nitrogens with zero attached hydrogens (tertiary/aromatic N) is 2. The molecular weight excluding hydrogens is 266 g/mol. The van der Waals surface area contributed by atoms with Gasteiger partial charge in [-0.15, -0.1) is 0 Å². The highest BCUT2D eigenvalue weighted by molar-refractivity contribution is 6.35. The Morgan fingerprint density at radius 2 is 1.86 bits per heavy atom. The molecule has 112 valence electrons. The molecule has 0 aromatic heterocycles. The van der Waals surface area contributed by atoms with Crippen LogP contribution >= 0.6 is 0 Å². The van der Waals surface area contributed by atoms with Crippen molar-refractivity contribution in [3.05, 3.63) is 35.4 Å². The van der Waals surface area contributed by atoms with E-state index in [1.807, 2.05) is 12.1 Å². The number of hydrogen-bond acceptors (Lipinski definition) is 3. The molecule has 2 aliphatic heterocycles. The summed E-state index contributed by atoms with van der Waals surface area (Å²) in [5.41, 5.74) is 2.35. The average molecular weight is 287 g/mol. The lowest BCUT2D eigenvalue weighted by Crippen LogP contribution is -2.65. The highest BCUT2D eigenvalue weighted by Crippen LogP contribution is 2.17. The van der Waals surface area contributed by atoms with Gasteiger partial charge in [-0.25, -0.2) is 0 Å². The van der Waals surface area contributed by atoms with Crippen LogP contribution in [0.4, 0.5) is 0 Å². The molecule has 21 heavy (non-hydrogen) atoms. The largest absolute Gasteiger partial charge is 0.328 e. The van der Waals surface area contributed by atoms with Gasteiger partial charge in [0.2, 0.25) is 0 Å². The Labute approximate surface area is 124 Å². The van der Waals surface area contributed by atoms with Gasteiger partial charge < -0.3 is 15.1 Å². The molecular formula is C16H21N3O2. The molecule has 5 nitrogen and oxygen atoms in total. The summed E-state index contributed by atoms with van der Waals surface area (Å²) in [4.78, 5) is 27.8. The van der Waals surface area contributed by atoms with E-state index in [1.165, 1.54) is 5.56 Å². The van der Waals surface area contributed by atoms with E-state index in [0.29, 0.717) is 19.6 Å². The standard InChI is InChI=1S/C16H21N3O2/c1-2-12-3-5-13(6-4-12)10-18-11-14-9-17-7-8-19(14)16(21)15(18)20/h3-6,14,17H,2,7-11H2,1H3. The highest BCUT2D eigenvalue weighted by Gasteiger charge is 2.39. The molecule has 0 spiro atoms. The molecule has 0 radical (unpaired) electrons. The number of aryl methyl sites for hydroxylation is 1. The van der Waals surface area contributed by atoms with Crippen molar-refractivity contribution in [2.24, 2.45) is 0 Å². The van der Waals surface area contributed by atoms with Gasteiger partial charge in [0.25, 0.3) is 0 Å². The zero-order valence-electron chi connectivity index (χ0n) is 12.3. The average Bonchev–Trinajstić information content (AvgIpc) is 2.53. The second kappa shape index (κ2) is 5.85. The fraction of sp³-hybridized carbons (Fsp3) is 0.500. The molecule has 1 unspecified atom stereocenters. The van der Waals surface area contributed by atoms with Crippen molar-refractivity contribution in [3.8, 4) is 0 Å². The van der Waals surface area contributed by atoms with E-state index in [-0.39, 0.29) is 17.9 Å². The molecule has 2 amide bonds. The van der Waals surface area contributed by atoms with E-state index >= 15 is 0 Å². The summed E-state index contributed by atoms with van der Waals surface area (Å²) in [6.45, 7) is 5.42. The van der Waals surface area contributed by atoms with Crippen LogP contribution in [0.25, 0.3) is 0 Å². The van der Waals surface area contributed by atoms with Gasteiger partial charge in [-0.2, -0.15) is 0 Å². The van der Waals surface area contributed by atoms with Gasteiger partial charge in [0.1, 0.15) is 0 Å². The number of rotatable bonds is 3. The summed E-state index contributed by atoms with van der Waals surface area (Å²) in [7, 11) is 0. The number of hydrogen-bond donors (Lipinski definition) is 1. The Kier molecular flexibility index (Phi) is 3.92. The molecule has 2 saturated heterocycles. The van der Waals surface area contributed by atoms with Crippen molar-refractivity contribution in [3.63, 3.8) is 0 Å². The summed E-state index contributed by atoms with van der Waals surface area (Å²) in [5, 5.41) is 3.29. The second-order valence-corrected chi connectivity index (χ2v) is 5.71. The third-order valence-electron chi connectivity index (χ3n) is 4.32. The zero-order chi connectivity index (χ0) is 14.8. The Morgan fingerprint density at radius 3 is 2.57 bits per heavy atom. The lowest BCUT2D eigenvalue weighted by molar-refractivity contribution is -0.160. The first-order chi connectivity index (χ1) is 10.2. The van der Waals surface area contributed by atoms with Crippen LogP contribution in [-0.4, -0.2) is 53.8 Å². The molecule has 0 aliphatic carbocycles. The molecule has 3 rings (SSSR count). The van der Waals surface area contributed by atoms with E-state index in [9.17, 15) is 9.59 Å². The maximum absolute atomic E-state index is 12.2. The van der Waals surface area contributed by atoms with Gasteiger partial charge in [-0.1, -0.05) is 31.2 Å². The van der Waals surface area contributed by atoms with Gasteiger partial charge >= 0.3 is 11.8 Å². The lowest BCUT2D eigenvalue weighted by Gasteiger charge is -2.43. The molecule has 2 fully saturated rings. The van der Waals surface area contributed by atoms with Gasteiger partial charge in [0.15, 0.2) is 0 Å². The minimum Gasteiger partial charge on any atom is -0.328 e. The number of benzene rings is 1. The first kappa shape index (κ1) is 14.1. The van der Waals surface area contributed by atoms with Crippen LogP contribution in [0.1, 0.15) is 18.1 Å². The zero-order valence-corrected chi connectivity index (χ0v) is 12.3. The van der Waals surface area contributed by atoms with Gasteiger partial charge in [0, 0.05) is 32.7 Å². The van der Waals surface area contributed by atoms with E-state index < -0.39 is 0 Å². The van der Waals surface area contributed by atoms with Crippen molar-refractivity contribution in [2.45, 2.75) is 25.9 Å². The Hall–Kier alpha value is -1.88. The fourth-order valence-electron chi connectivity index (χ4n) is 3.02. The van der Waals surface area contributed by atoms with Crippen LogP contribution in [0.15, 0.2) is 24.3 Å². The van der Waals surface area contributed by atoms with Crippen LogP contribution in [0, 0.1) is 0 Å². The highest BCUT2D eigenvalue weighted by atomic mass is 16.2. The van der Waals surface area contributed by atoms with Crippen LogP contribution in [0.5, 0.6) is 0 Å². The number of amides is 2. The number of carbonyl (C=O) groups is 2. The number of piperazine rings is 2. The van der Waals surface area contributed by atoms with E-state index in [4.69, 9.17) is 0 Å². The Balaban J connectivity index is 1.72. The van der Waals surface area contributed by atoms with E-state index in [0.717, 1.165) is 25.1 Å². The minimum atomic E-state index is -0.368. The lowest BCUT2D eigenvalue weighted by atomic mass is 10.1. The summed E-state index contributed by atoms with van der Waals surface area (Å²) >= 11 is 0. The molecule has 5 heteroatoms. The van der Waals surface area contributed by atoms with Crippen LogP contribution in [0.3, 0.4) is 0 Å². The van der Waals surface area contributed by atoms with Crippen molar-refractivity contribution in [1.82, 2.24) is 15.1 Å². The molecule has 1 aromatic carbocycles. The molecule has 0 saturated carbocycles. The summed E-state index contributed by atoms with van der Waals surface area (Å²) < 4.78 is 0. The maximum Gasteiger partial charge on any atom is 0.312 e. The predicted octanol–water partition coefficient (Wildman–Crippen LogP) is 0.392. The van der Waals surface area contributed by atoms with Crippen LogP contribution in [0.2, 0.25) is 0 Å². The van der Waals surface area contributed by atoms with Crippen LogP contribution < -0.4 is 5.32 Å². The normalized spacial score (nSPS) is 22.4. The first-order valence-corrected chi connectivity index (χ1v) is 7.57. The molecule has 1 aromatic rings. The third kappa shape index (κ3) is 2.78. The SMILES string of the molecule is CCc1ccc(CN2CC3CNCCN3C(=O)C2=O)cc1. The molecule has 1 atom stereocenters. The summed E-state index contributed by atoms with van der Waals surface area (Å²) in [5.74, 6) is -0.717. The van der Waals surface area contributed by atoms with Gasteiger partial charge in [0.05, 0.1) is 6.04 Å². The van der Waals surface area contributed by atoms with Crippen LogP contribution in [-0.2, 0) is 22.6 Å². The monoisotopic (exact) mass is 287 g/mol. The molecule has 2 aliphatic rings. The summed E-state index contributed by atoms with van der Waals surface area (Å²) in [6.07, 6.45) is 1.00. The predicted molar refractivity (Wildman–Crippen MR) is 79.6 cm³/mol. The second-order valence-electron chi connectivity index (χ2n) is 5.71. The topological polar surface area (TPSA) is 52.6 Å². The minimum absolute atomic E-state index is 0.110. The number of carbonyl (C=O) groups excluding carboxylic acids is 2. The van der Waals surface area contributed by atoms with Crippen molar-refractivity contribution < 1.29 is 9.59 Å². The van der Waals surface area contributed by atoms with Crippen molar-refractivity contribution >= 4 is 11.8 Å². The fourth-order valence-corrected chi connectivity index (χ4v) is 3.02. The maximum atomic E-state index is 12.2. The van der Waals surface area contributed by atoms with Crippen molar-refractivity contribution in [2.75, 3.05) is 26.2 Å². The van der Waals surface area contributed by atoms with Gasteiger partial charge in [-0.3, -0.25) is 9.59 Å². The molecule has 1 N–H and O–H groups in total.